The fourth-order valence-corrected chi connectivity index (χ4v) is 4.05. The highest BCUT2D eigenvalue weighted by molar-refractivity contribution is 9.10. The van der Waals surface area contributed by atoms with E-state index >= 15 is 0 Å². The molecule has 7 heteroatoms. The molecule has 2 amide bonds. The molecule has 1 unspecified atom stereocenters. The van der Waals surface area contributed by atoms with Crippen molar-refractivity contribution in [1.29, 1.82) is 0 Å². The Labute approximate surface area is 199 Å². The van der Waals surface area contributed by atoms with Crippen molar-refractivity contribution in [2.24, 2.45) is 5.73 Å². The molecule has 174 valence electrons. The first-order chi connectivity index (χ1) is 15.3. The number of esters is 1. The fraction of sp³-hybridized carbons (Fsp3) is 0.440. The quantitative estimate of drug-likeness (QED) is 0.260. The summed E-state index contributed by atoms with van der Waals surface area (Å²) in [6, 6.07) is 17.5. The second kappa shape index (κ2) is 13.2. The molecule has 2 atom stereocenters. The third kappa shape index (κ3) is 8.63. The van der Waals surface area contributed by atoms with Gasteiger partial charge < -0.3 is 21.1 Å². The first-order valence-corrected chi connectivity index (χ1v) is 11.8. The predicted molar refractivity (Wildman–Crippen MR) is 133 cm³/mol. The molecular weight excluding hydrogens is 470 g/mol. The van der Waals surface area contributed by atoms with Crippen molar-refractivity contribution < 1.29 is 14.3 Å². The Morgan fingerprint density at radius 2 is 1.69 bits per heavy atom. The van der Waals surface area contributed by atoms with Crippen LogP contribution in [-0.2, 0) is 9.53 Å². The molecule has 0 saturated heterocycles. The van der Waals surface area contributed by atoms with Crippen molar-refractivity contribution in [3.63, 3.8) is 0 Å². The van der Waals surface area contributed by atoms with Gasteiger partial charge in [0.15, 0.2) is 0 Å². The number of carbonyl (C=O) groups excluding carboxylic acids is 2. The van der Waals surface area contributed by atoms with Gasteiger partial charge in [-0.15, -0.1) is 0 Å². The Kier molecular flexibility index (Phi) is 10.7. The number of amides is 2. The van der Waals surface area contributed by atoms with Crippen LogP contribution in [0.4, 0.5) is 10.5 Å². The molecule has 0 saturated carbocycles. The number of halogens is 1. The molecular formula is C25H34BrN3O3. The summed E-state index contributed by atoms with van der Waals surface area (Å²) < 4.78 is 5.73. The van der Waals surface area contributed by atoms with Gasteiger partial charge >= 0.3 is 12.0 Å². The van der Waals surface area contributed by atoms with Crippen molar-refractivity contribution in [1.82, 2.24) is 5.32 Å². The van der Waals surface area contributed by atoms with Crippen LogP contribution in [0.25, 0.3) is 0 Å². The Morgan fingerprint density at radius 3 is 2.34 bits per heavy atom. The number of hydrogen-bond donors (Lipinski definition) is 3. The van der Waals surface area contributed by atoms with E-state index in [4.69, 9.17) is 10.5 Å². The average Bonchev–Trinajstić information content (AvgIpc) is 2.80. The van der Waals surface area contributed by atoms with E-state index in [1.54, 1.807) is 0 Å². The number of hydrogen-bond acceptors (Lipinski definition) is 4. The van der Waals surface area contributed by atoms with Crippen LogP contribution in [-0.4, -0.2) is 31.2 Å². The smallest absolute Gasteiger partial charge is 0.319 e. The van der Waals surface area contributed by atoms with Crippen LogP contribution in [0, 0.1) is 0 Å². The summed E-state index contributed by atoms with van der Waals surface area (Å²) in [6.45, 7) is 2.72. The zero-order valence-electron chi connectivity index (χ0n) is 18.9. The normalized spacial score (nSPS) is 13.6. The molecule has 32 heavy (non-hydrogen) atoms. The molecule has 0 aliphatic carbocycles. The molecule has 0 spiro atoms. The predicted octanol–water partition coefficient (Wildman–Crippen LogP) is 5.59. The van der Waals surface area contributed by atoms with E-state index in [0.717, 1.165) is 35.8 Å². The van der Waals surface area contributed by atoms with E-state index in [1.165, 1.54) is 12.7 Å². The van der Waals surface area contributed by atoms with Gasteiger partial charge in [-0.3, -0.25) is 4.79 Å². The highest BCUT2D eigenvalue weighted by atomic mass is 79.9. The lowest BCUT2D eigenvalue weighted by Crippen LogP contribution is -2.45. The van der Waals surface area contributed by atoms with Gasteiger partial charge in [-0.25, -0.2) is 4.79 Å². The maximum absolute atomic E-state index is 12.1. The van der Waals surface area contributed by atoms with Gasteiger partial charge in [-0.1, -0.05) is 53.2 Å². The van der Waals surface area contributed by atoms with Crippen LogP contribution >= 0.6 is 15.9 Å². The first kappa shape index (κ1) is 25.9. The highest BCUT2D eigenvalue weighted by Crippen LogP contribution is 2.34. The molecule has 2 rings (SSSR count). The summed E-state index contributed by atoms with van der Waals surface area (Å²) in [7, 11) is 1.41. The SMILES string of the molecule is COC(=O)CCCC(N)(CCCCNC(=O)Nc1ccc(Br)cc1)[C@@H](C)c1ccccc1. The molecule has 0 aromatic heterocycles. The minimum atomic E-state index is -0.435. The molecule has 4 N–H and O–H groups in total. The van der Waals surface area contributed by atoms with E-state index in [-0.39, 0.29) is 17.9 Å². The maximum Gasteiger partial charge on any atom is 0.319 e. The second-order valence-electron chi connectivity index (χ2n) is 8.14. The number of ether oxygens (including phenoxy) is 1. The highest BCUT2D eigenvalue weighted by Gasteiger charge is 2.32. The lowest BCUT2D eigenvalue weighted by Gasteiger charge is -2.36. The monoisotopic (exact) mass is 503 g/mol. The van der Waals surface area contributed by atoms with Crippen LogP contribution in [0.1, 0.15) is 56.9 Å². The Balaban J connectivity index is 1.83. The molecule has 0 aliphatic heterocycles. The summed E-state index contributed by atoms with van der Waals surface area (Å²) in [4.78, 5) is 23.6. The number of urea groups is 1. The topological polar surface area (TPSA) is 93.4 Å². The summed E-state index contributed by atoms with van der Waals surface area (Å²) in [5.41, 5.74) is 8.41. The number of rotatable bonds is 12. The number of nitrogens with two attached hydrogens (primary N) is 1. The number of carbonyl (C=O) groups is 2. The van der Waals surface area contributed by atoms with Gasteiger partial charge in [0, 0.05) is 28.7 Å². The molecule has 0 radical (unpaired) electrons. The van der Waals surface area contributed by atoms with E-state index in [2.05, 4.69) is 45.6 Å². The van der Waals surface area contributed by atoms with Gasteiger partial charge in [-0.05, 0) is 67.9 Å². The maximum atomic E-state index is 12.1. The minimum Gasteiger partial charge on any atom is -0.469 e. The van der Waals surface area contributed by atoms with E-state index in [1.807, 2.05) is 42.5 Å². The Bertz CT molecular complexity index is 845. The number of methoxy groups -OCH3 is 1. The fourth-order valence-electron chi connectivity index (χ4n) is 3.79. The lowest BCUT2D eigenvalue weighted by atomic mass is 9.74. The summed E-state index contributed by atoms with van der Waals surface area (Å²) >= 11 is 3.38. The van der Waals surface area contributed by atoms with Crippen molar-refractivity contribution in [2.75, 3.05) is 19.0 Å². The van der Waals surface area contributed by atoms with Crippen LogP contribution in [0.3, 0.4) is 0 Å². The van der Waals surface area contributed by atoms with Crippen molar-refractivity contribution >= 4 is 33.6 Å². The zero-order chi connectivity index (χ0) is 23.4. The van der Waals surface area contributed by atoms with Crippen LogP contribution < -0.4 is 16.4 Å². The molecule has 0 bridgehead atoms. The second-order valence-corrected chi connectivity index (χ2v) is 9.06. The third-order valence-corrected chi connectivity index (χ3v) is 6.40. The Morgan fingerprint density at radius 1 is 1.03 bits per heavy atom. The number of anilines is 1. The number of unbranched alkanes of at least 4 members (excludes halogenated alkanes) is 1. The van der Waals surface area contributed by atoms with Crippen LogP contribution in [0.2, 0.25) is 0 Å². The number of nitrogens with one attached hydrogen (secondary N) is 2. The first-order valence-electron chi connectivity index (χ1n) is 11.0. The molecule has 2 aromatic carbocycles. The minimum absolute atomic E-state index is 0.148. The van der Waals surface area contributed by atoms with Crippen molar-refractivity contribution in [2.45, 2.75) is 56.9 Å². The van der Waals surface area contributed by atoms with Crippen LogP contribution in [0.5, 0.6) is 0 Å². The van der Waals surface area contributed by atoms with Crippen molar-refractivity contribution in [3.8, 4) is 0 Å². The molecule has 2 aromatic rings. The molecule has 0 heterocycles. The van der Waals surface area contributed by atoms with Gasteiger partial charge in [-0.2, -0.15) is 0 Å². The summed E-state index contributed by atoms with van der Waals surface area (Å²) in [5, 5.41) is 5.72. The van der Waals surface area contributed by atoms with Gasteiger partial charge in [0.05, 0.1) is 7.11 Å². The number of benzene rings is 2. The molecule has 0 fully saturated rings. The lowest BCUT2D eigenvalue weighted by molar-refractivity contribution is -0.140. The van der Waals surface area contributed by atoms with Gasteiger partial charge in [0.1, 0.15) is 0 Å². The molecule has 6 nitrogen and oxygen atoms in total. The van der Waals surface area contributed by atoms with E-state index in [0.29, 0.717) is 19.4 Å². The summed E-state index contributed by atoms with van der Waals surface area (Å²) in [5.74, 6) is -0.0595. The van der Waals surface area contributed by atoms with Crippen LogP contribution in [0.15, 0.2) is 59.1 Å². The Hall–Kier alpha value is -2.38. The van der Waals surface area contributed by atoms with E-state index < -0.39 is 5.54 Å². The average molecular weight is 504 g/mol. The van der Waals surface area contributed by atoms with Crippen molar-refractivity contribution in [3.05, 3.63) is 64.6 Å². The summed E-state index contributed by atoms with van der Waals surface area (Å²) in [6.07, 6.45) is 4.30. The standard InChI is InChI=1S/C25H34BrN3O3/c1-19(20-9-4-3-5-10-20)25(27,17-8-11-23(30)32-2)16-6-7-18-28-24(31)29-22-14-12-21(26)13-15-22/h3-5,9-10,12-15,19H,6-8,11,16-18,27H2,1-2H3,(H2,28,29,31)/t19-,25?/m0/s1. The van der Waals surface area contributed by atoms with Gasteiger partial charge in [0.2, 0.25) is 0 Å². The van der Waals surface area contributed by atoms with E-state index in [9.17, 15) is 9.59 Å². The molecule has 0 aliphatic rings. The van der Waals surface area contributed by atoms with Gasteiger partial charge in [0.25, 0.3) is 0 Å². The zero-order valence-corrected chi connectivity index (χ0v) is 20.5. The largest absolute Gasteiger partial charge is 0.469 e. The third-order valence-electron chi connectivity index (χ3n) is 5.87.